The summed E-state index contributed by atoms with van der Waals surface area (Å²) in [6, 6.07) is 8.49. The number of aryl methyl sites for hydroxylation is 1. The normalized spacial score (nSPS) is 21.0. The molecule has 0 amide bonds. The standard InChI is InChI=1S/C21H30ClN7/c1-23-21(27-18-6-7-20-25-15-26-29(20)14-18)24-12-16-8-10-28(11-9-16)13-17-4-2-3-5-19(17)22/h2-5,15-16,18H,6-14H2,1H3,(H2,23,24,27). The number of rotatable bonds is 5. The van der Waals surface area contributed by atoms with Crippen LogP contribution in [0, 0.1) is 5.92 Å². The zero-order valence-corrected chi connectivity index (χ0v) is 17.8. The van der Waals surface area contributed by atoms with Gasteiger partial charge in [-0.2, -0.15) is 5.10 Å². The van der Waals surface area contributed by atoms with E-state index in [1.807, 2.05) is 23.9 Å². The Hall–Kier alpha value is -2.12. The zero-order valence-electron chi connectivity index (χ0n) is 17.0. The molecule has 156 valence electrons. The summed E-state index contributed by atoms with van der Waals surface area (Å²) in [7, 11) is 1.84. The number of guanidine groups is 1. The monoisotopic (exact) mass is 415 g/mol. The molecule has 1 fully saturated rings. The number of benzene rings is 1. The fourth-order valence-electron chi connectivity index (χ4n) is 4.20. The average Bonchev–Trinajstić information content (AvgIpc) is 3.21. The molecule has 1 atom stereocenters. The largest absolute Gasteiger partial charge is 0.356 e. The quantitative estimate of drug-likeness (QED) is 0.579. The molecule has 4 rings (SSSR count). The number of hydrogen-bond acceptors (Lipinski definition) is 4. The predicted molar refractivity (Wildman–Crippen MR) is 116 cm³/mol. The number of fused-ring (bicyclic) bond motifs is 1. The third kappa shape index (κ3) is 5.28. The Morgan fingerprint density at radius 1 is 1.24 bits per heavy atom. The van der Waals surface area contributed by atoms with Crippen molar-refractivity contribution in [1.82, 2.24) is 30.3 Å². The number of likely N-dealkylation sites (tertiary alicyclic amines) is 1. The molecule has 1 unspecified atom stereocenters. The Morgan fingerprint density at radius 3 is 2.86 bits per heavy atom. The molecule has 2 N–H and O–H groups in total. The van der Waals surface area contributed by atoms with Crippen molar-refractivity contribution in [2.45, 2.75) is 44.8 Å². The number of piperidine rings is 1. The highest BCUT2D eigenvalue weighted by Gasteiger charge is 2.22. The second-order valence-corrected chi connectivity index (χ2v) is 8.41. The molecule has 1 aromatic heterocycles. The van der Waals surface area contributed by atoms with Gasteiger partial charge in [0, 0.05) is 37.6 Å². The van der Waals surface area contributed by atoms with E-state index in [1.165, 1.54) is 18.4 Å². The highest BCUT2D eigenvalue weighted by Crippen LogP contribution is 2.22. The van der Waals surface area contributed by atoms with E-state index in [1.54, 1.807) is 6.33 Å². The van der Waals surface area contributed by atoms with Crippen LogP contribution >= 0.6 is 11.6 Å². The summed E-state index contributed by atoms with van der Waals surface area (Å²) in [5, 5.41) is 12.2. The van der Waals surface area contributed by atoms with Crippen molar-refractivity contribution in [3.63, 3.8) is 0 Å². The average molecular weight is 416 g/mol. The molecule has 8 heteroatoms. The van der Waals surface area contributed by atoms with Gasteiger partial charge in [0.1, 0.15) is 12.2 Å². The Labute approximate surface area is 177 Å². The van der Waals surface area contributed by atoms with Crippen molar-refractivity contribution in [2.24, 2.45) is 10.9 Å². The first-order valence-electron chi connectivity index (χ1n) is 10.5. The van der Waals surface area contributed by atoms with Crippen LogP contribution in [0.1, 0.15) is 30.7 Å². The lowest BCUT2D eigenvalue weighted by Crippen LogP contribution is -2.48. The zero-order chi connectivity index (χ0) is 20.1. The maximum Gasteiger partial charge on any atom is 0.191 e. The minimum Gasteiger partial charge on any atom is -0.356 e. The topological polar surface area (TPSA) is 70.4 Å². The van der Waals surface area contributed by atoms with Crippen LogP contribution < -0.4 is 10.6 Å². The van der Waals surface area contributed by atoms with Crippen molar-refractivity contribution in [1.29, 1.82) is 0 Å². The first-order valence-corrected chi connectivity index (χ1v) is 10.9. The molecule has 2 aromatic rings. The molecule has 0 spiro atoms. The van der Waals surface area contributed by atoms with Gasteiger partial charge >= 0.3 is 0 Å². The summed E-state index contributed by atoms with van der Waals surface area (Å²) >= 11 is 6.31. The lowest BCUT2D eigenvalue weighted by molar-refractivity contribution is 0.178. The van der Waals surface area contributed by atoms with Gasteiger partial charge in [-0.05, 0) is 49.9 Å². The van der Waals surface area contributed by atoms with Gasteiger partial charge in [0.25, 0.3) is 0 Å². The fourth-order valence-corrected chi connectivity index (χ4v) is 4.40. The van der Waals surface area contributed by atoms with Gasteiger partial charge in [-0.1, -0.05) is 29.8 Å². The van der Waals surface area contributed by atoms with E-state index in [-0.39, 0.29) is 0 Å². The summed E-state index contributed by atoms with van der Waals surface area (Å²) < 4.78 is 1.99. The summed E-state index contributed by atoms with van der Waals surface area (Å²) in [5.74, 6) is 2.64. The molecule has 29 heavy (non-hydrogen) atoms. The van der Waals surface area contributed by atoms with Crippen LogP contribution in [-0.2, 0) is 19.5 Å². The van der Waals surface area contributed by atoms with Crippen LogP contribution in [0.5, 0.6) is 0 Å². The molecule has 7 nitrogen and oxygen atoms in total. The highest BCUT2D eigenvalue weighted by atomic mass is 35.5. The Balaban J connectivity index is 1.19. The van der Waals surface area contributed by atoms with Crippen molar-refractivity contribution in [3.8, 4) is 0 Å². The summed E-state index contributed by atoms with van der Waals surface area (Å²) in [6.45, 7) is 4.97. The van der Waals surface area contributed by atoms with Gasteiger partial charge in [0.15, 0.2) is 5.96 Å². The van der Waals surface area contributed by atoms with Crippen molar-refractivity contribution in [2.75, 3.05) is 26.7 Å². The van der Waals surface area contributed by atoms with E-state index in [2.05, 4.69) is 42.7 Å². The molecular formula is C21H30ClN7. The molecule has 0 aliphatic carbocycles. The van der Waals surface area contributed by atoms with E-state index < -0.39 is 0 Å². The smallest absolute Gasteiger partial charge is 0.191 e. The SMILES string of the molecule is CN=C(NCC1CCN(Cc2ccccc2Cl)CC1)NC1CCc2ncnn2C1. The molecule has 0 radical (unpaired) electrons. The number of hydrogen-bond donors (Lipinski definition) is 2. The lowest BCUT2D eigenvalue weighted by Gasteiger charge is -2.33. The van der Waals surface area contributed by atoms with E-state index >= 15 is 0 Å². The molecular weight excluding hydrogens is 386 g/mol. The van der Waals surface area contributed by atoms with E-state index in [0.29, 0.717) is 12.0 Å². The van der Waals surface area contributed by atoms with E-state index in [4.69, 9.17) is 11.6 Å². The fraction of sp³-hybridized carbons (Fsp3) is 0.571. The van der Waals surface area contributed by atoms with Crippen LogP contribution in [0.15, 0.2) is 35.6 Å². The third-order valence-electron chi connectivity index (χ3n) is 5.99. The first-order chi connectivity index (χ1) is 14.2. The number of halogens is 1. The summed E-state index contributed by atoms with van der Waals surface area (Å²) in [4.78, 5) is 11.2. The van der Waals surface area contributed by atoms with Gasteiger partial charge in [0.05, 0.1) is 6.54 Å². The highest BCUT2D eigenvalue weighted by molar-refractivity contribution is 6.31. The maximum atomic E-state index is 6.31. The number of aliphatic imine (C=N–C) groups is 1. The number of aromatic nitrogens is 3. The van der Waals surface area contributed by atoms with E-state index in [0.717, 1.165) is 62.4 Å². The second-order valence-electron chi connectivity index (χ2n) is 8.00. The minimum atomic E-state index is 0.341. The second kappa shape index (κ2) is 9.59. The number of nitrogens with one attached hydrogen (secondary N) is 2. The molecule has 0 saturated carbocycles. The molecule has 2 aliphatic heterocycles. The number of nitrogens with zero attached hydrogens (tertiary/aromatic N) is 5. The molecule has 1 aromatic carbocycles. The Kier molecular flexibility index (Phi) is 6.67. The Morgan fingerprint density at radius 2 is 2.07 bits per heavy atom. The van der Waals surface area contributed by atoms with Crippen LogP contribution in [0.3, 0.4) is 0 Å². The van der Waals surface area contributed by atoms with Gasteiger partial charge in [0.2, 0.25) is 0 Å². The van der Waals surface area contributed by atoms with Crippen molar-refractivity contribution in [3.05, 3.63) is 47.0 Å². The van der Waals surface area contributed by atoms with E-state index in [9.17, 15) is 0 Å². The van der Waals surface area contributed by atoms with Gasteiger partial charge in [-0.15, -0.1) is 0 Å². The van der Waals surface area contributed by atoms with Crippen molar-refractivity contribution < 1.29 is 0 Å². The predicted octanol–water partition coefficient (Wildman–Crippen LogP) is 2.32. The molecule has 3 heterocycles. The van der Waals surface area contributed by atoms with Crippen LogP contribution in [0.25, 0.3) is 0 Å². The van der Waals surface area contributed by atoms with Gasteiger partial charge in [-0.3, -0.25) is 9.89 Å². The van der Waals surface area contributed by atoms with Crippen LogP contribution in [0.2, 0.25) is 5.02 Å². The lowest BCUT2D eigenvalue weighted by atomic mass is 9.96. The van der Waals surface area contributed by atoms with Crippen LogP contribution in [-0.4, -0.2) is 58.3 Å². The maximum absolute atomic E-state index is 6.31. The van der Waals surface area contributed by atoms with Gasteiger partial charge in [-0.25, -0.2) is 9.67 Å². The molecule has 0 bridgehead atoms. The van der Waals surface area contributed by atoms with Gasteiger partial charge < -0.3 is 10.6 Å². The van der Waals surface area contributed by atoms with Crippen LogP contribution in [0.4, 0.5) is 0 Å². The minimum absolute atomic E-state index is 0.341. The summed E-state index contributed by atoms with van der Waals surface area (Å²) in [6.07, 6.45) is 6.04. The summed E-state index contributed by atoms with van der Waals surface area (Å²) in [5.41, 5.74) is 1.22. The molecule has 2 aliphatic rings. The Bertz CT molecular complexity index is 826. The first kappa shape index (κ1) is 20.2. The third-order valence-corrected chi connectivity index (χ3v) is 6.36. The van der Waals surface area contributed by atoms with Crippen molar-refractivity contribution >= 4 is 17.6 Å². The molecule has 1 saturated heterocycles.